The summed E-state index contributed by atoms with van der Waals surface area (Å²) in [6.07, 6.45) is 0.996. The molecule has 1 aliphatic heterocycles. The van der Waals surface area contributed by atoms with Crippen LogP contribution in [0.15, 0.2) is 35.6 Å². The molecule has 1 aliphatic rings. The van der Waals surface area contributed by atoms with E-state index in [1.807, 2.05) is 0 Å². The summed E-state index contributed by atoms with van der Waals surface area (Å²) >= 11 is 3.14. The molecular weight excluding hydrogens is 377 g/mol. The normalized spacial score (nSPS) is 20.3. The van der Waals surface area contributed by atoms with Crippen molar-refractivity contribution < 1.29 is 23.1 Å². The van der Waals surface area contributed by atoms with Gasteiger partial charge in [-0.15, -0.1) is 0 Å². The van der Waals surface area contributed by atoms with E-state index in [9.17, 15) is 18.3 Å². The summed E-state index contributed by atoms with van der Waals surface area (Å²) in [7, 11) is 0. The molecule has 8 heteroatoms. The smallest absolute Gasteiger partial charge is 0.208 e. The molecule has 120 valence electrons. The molecule has 2 aromatic rings. The van der Waals surface area contributed by atoms with Gasteiger partial charge in [0.2, 0.25) is 5.60 Å². The van der Waals surface area contributed by atoms with Crippen molar-refractivity contribution in [3.05, 3.63) is 53.6 Å². The van der Waals surface area contributed by atoms with Crippen LogP contribution in [0.5, 0.6) is 0 Å². The van der Waals surface area contributed by atoms with Gasteiger partial charge in [0.15, 0.2) is 0 Å². The third-order valence-corrected chi connectivity index (χ3v) is 3.95. The molecule has 0 radical (unpaired) electrons. The van der Waals surface area contributed by atoms with E-state index in [4.69, 9.17) is 4.84 Å². The lowest BCUT2D eigenvalue weighted by molar-refractivity contribution is -0.0646. The van der Waals surface area contributed by atoms with Gasteiger partial charge in [-0.25, -0.2) is 13.2 Å². The SMILES string of the molecule is OCC1(c2ncc(F)cc2-c2c(F)cccc2F)CC(Br)=NO1. The van der Waals surface area contributed by atoms with Crippen LogP contribution in [0, 0.1) is 17.5 Å². The number of pyridine rings is 1. The Morgan fingerprint density at radius 3 is 2.52 bits per heavy atom. The van der Waals surface area contributed by atoms with Crippen molar-refractivity contribution in [2.75, 3.05) is 6.61 Å². The van der Waals surface area contributed by atoms with Crippen LogP contribution in [0.1, 0.15) is 12.1 Å². The Morgan fingerprint density at radius 2 is 1.96 bits per heavy atom. The molecule has 0 saturated carbocycles. The number of aliphatic hydroxyl groups excluding tert-OH is 1. The fourth-order valence-electron chi connectivity index (χ4n) is 2.47. The molecule has 1 aromatic heterocycles. The molecule has 0 spiro atoms. The van der Waals surface area contributed by atoms with Crippen LogP contribution >= 0.6 is 15.9 Å². The number of benzene rings is 1. The lowest BCUT2D eigenvalue weighted by atomic mass is 9.89. The van der Waals surface area contributed by atoms with Gasteiger partial charge in [0, 0.05) is 5.56 Å². The molecule has 1 unspecified atom stereocenters. The first-order valence-corrected chi connectivity index (χ1v) is 7.38. The molecule has 0 fully saturated rings. The van der Waals surface area contributed by atoms with Gasteiger partial charge in [0.05, 0.1) is 30.5 Å². The molecule has 0 amide bonds. The van der Waals surface area contributed by atoms with Crippen LogP contribution in [0.4, 0.5) is 13.2 Å². The Bertz CT molecular complexity index is 780. The van der Waals surface area contributed by atoms with E-state index in [0.717, 1.165) is 24.4 Å². The molecule has 0 aliphatic carbocycles. The topological polar surface area (TPSA) is 54.7 Å². The van der Waals surface area contributed by atoms with E-state index >= 15 is 0 Å². The van der Waals surface area contributed by atoms with Crippen molar-refractivity contribution in [3.63, 3.8) is 0 Å². The van der Waals surface area contributed by atoms with Gasteiger partial charge in [0.25, 0.3) is 0 Å². The highest BCUT2D eigenvalue weighted by Crippen LogP contribution is 2.41. The Labute approximate surface area is 137 Å². The predicted octanol–water partition coefficient (Wildman–Crippen LogP) is 3.48. The molecule has 3 rings (SSSR count). The van der Waals surface area contributed by atoms with E-state index in [1.54, 1.807) is 0 Å². The molecule has 1 N–H and O–H groups in total. The second-order valence-electron chi connectivity index (χ2n) is 5.03. The van der Waals surface area contributed by atoms with Crippen molar-refractivity contribution in [2.45, 2.75) is 12.0 Å². The number of nitrogens with zero attached hydrogens (tertiary/aromatic N) is 2. The third-order valence-electron chi connectivity index (χ3n) is 3.52. The maximum Gasteiger partial charge on any atom is 0.208 e. The summed E-state index contributed by atoms with van der Waals surface area (Å²) in [6, 6.07) is 4.27. The van der Waals surface area contributed by atoms with E-state index in [1.165, 1.54) is 6.07 Å². The first-order chi connectivity index (χ1) is 11.0. The van der Waals surface area contributed by atoms with Crippen molar-refractivity contribution in [1.29, 1.82) is 0 Å². The highest BCUT2D eigenvalue weighted by atomic mass is 79.9. The molecule has 4 nitrogen and oxygen atoms in total. The lowest BCUT2D eigenvalue weighted by Crippen LogP contribution is -2.32. The molecule has 23 heavy (non-hydrogen) atoms. The number of aliphatic hydroxyl groups is 1. The minimum absolute atomic E-state index is 0.00333. The zero-order chi connectivity index (χ0) is 16.6. The third kappa shape index (κ3) is 2.72. The standard InChI is InChI=1S/C15H10BrF3N2O2/c16-12-5-15(7-22,23-21-12)14-9(4-8(17)6-20-14)13-10(18)2-1-3-11(13)19/h1-4,6,22H,5,7H2. The molecule has 2 heterocycles. The maximum absolute atomic E-state index is 14.1. The molecule has 1 aromatic carbocycles. The zero-order valence-electron chi connectivity index (χ0n) is 11.6. The number of aromatic nitrogens is 1. The van der Waals surface area contributed by atoms with Crippen molar-refractivity contribution in [3.8, 4) is 11.1 Å². The average molecular weight is 387 g/mol. The first kappa shape index (κ1) is 15.9. The predicted molar refractivity (Wildman–Crippen MR) is 80.4 cm³/mol. The summed E-state index contributed by atoms with van der Waals surface area (Å²) in [4.78, 5) is 9.14. The monoisotopic (exact) mass is 386 g/mol. The second kappa shape index (κ2) is 5.93. The Balaban J connectivity index is 2.24. The first-order valence-electron chi connectivity index (χ1n) is 6.58. The summed E-state index contributed by atoms with van der Waals surface area (Å²) in [5, 5.41) is 13.4. The number of halogens is 4. The Hall–Kier alpha value is -1.93. The van der Waals surface area contributed by atoms with E-state index in [2.05, 4.69) is 26.1 Å². The number of hydrogen-bond acceptors (Lipinski definition) is 4. The zero-order valence-corrected chi connectivity index (χ0v) is 13.1. The van der Waals surface area contributed by atoms with E-state index < -0.39 is 35.2 Å². The average Bonchev–Trinajstić information content (AvgIpc) is 2.90. The van der Waals surface area contributed by atoms with Crippen molar-refractivity contribution >= 4 is 20.6 Å². The summed E-state index contributed by atoms with van der Waals surface area (Å²) in [5.41, 5.74) is -2.00. The van der Waals surface area contributed by atoms with Crippen molar-refractivity contribution in [1.82, 2.24) is 4.98 Å². The minimum Gasteiger partial charge on any atom is -0.392 e. The largest absolute Gasteiger partial charge is 0.392 e. The van der Waals surface area contributed by atoms with E-state index in [0.29, 0.717) is 4.62 Å². The van der Waals surface area contributed by atoms with Gasteiger partial charge in [-0.05, 0) is 34.1 Å². The summed E-state index contributed by atoms with van der Waals surface area (Å²) in [5.74, 6) is -2.51. The second-order valence-corrected chi connectivity index (χ2v) is 5.95. The minimum atomic E-state index is -1.43. The number of oxime groups is 1. The van der Waals surface area contributed by atoms with Gasteiger partial charge in [-0.2, -0.15) is 0 Å². The van der Waals surface area contributed by atoms with Crippen LogP contribution in [0.25, 0.3) is 11.1 Å². The van der Waals surface area contributed by atoms with E-state index in [-0.39, 0.29) is 17.7 Å². The number of rotatable bonds is 3. The highest BCUT2D eigenvalue weighted by molar-refractivity contribution is 9.18. The van der Waals surface area contributed by atoms with Gasteiger partial charge in [0.1, 0.15) is 22.1 Å². The maximum atomic E-state index is 14.1. The fraction of sp³-hybridized carbons (Fsp3) is 0.200. The lowest BCUT2D eigenvalue weighted by Gasteiger charge is -2.26. The van der Waals surface area contributed by atoms with Crippen LogP contribution in [0.3, 0.4) is 0 Å². The fourth-order valence-corrected chi connectivity index (χ4v) is 3.00. The van der Waals surface area contributed by atoms with Crippen LogP contribution in [-0.2, 0) is 10.4 Å². The molecule has 0 saturated heterocycles. The highest BCUT2D eigenvalue weighted by Gasteiger charge is 2.44. The van der Waals surface area contributed by atoms with Crippen molar-refractivity contribution in [2.24, 2.45) is 5.16 Å². The van der Waals surface area contributed by atoms with Gasteiger partial charge < -0.3 is 9.94 Å². The summed E-state index contributed by atoms with van der Waals surface area (Å²) < 4.78 is 42.3. The molecular formula is C15H10BrF3N2O2. The number of hydrogen-bond donors (Lipinski definition) is 1. The quantitative estimate of drug-likeness (QED) is 0.878. The molecule has 0 bridgehead atoms. The summed E-state index contributed by atoms with van der Waals surface area (Å²) in [6.45, 7) is -0.548. The van der Waals surface area contributed by atoms with Gasteiger partial charge in [-0.3, -0.25) is 4.98 Å². The molecule has 1 atom stereocenters. The van der Waals surface area contributed by atoms with Crippen LogP contribution in [0.2, 0.25) is 0 Å². The van der Waals surface area contributed by atoms with Crippen LogP contribution in [-0.4, -0.2) is 21.3 Å². The van der Waals surface area contributed by atoms with Crippen LogP contribution < -0.4 is 0 Å². The Morgan fingerprint density at radius 1 is 1.26 bits per heavy atom. The van der Waals surface area contributed by atoms with Gasteiger partial charge >= 0.3 is 0 Å². The van der Waals surface area contributed by atoms with Gasteiger partial charge in [-0.1, -0.05) is 11.2 Å². The Kier molecular flexibility index (Phi) is 4.11.